The number of fused-ring (bicyclic) bond motifs is 1. The number of carbonyl (C=O) groups is 1. The Morgan fingerprint density at radius 3 is 2.52 bits per heavy atom. The molecule has 0 saturated heterocycles. The molecule has 3 rings (SSSR count). The quantitative estimate of drug-likeness (QED) is 0.926. The van der Waals surface area contributed by atoms with Gasteiger partial charge in [0.15, 0.2) is 5.60 Å². The van der Waals surface area contributed by atoms with Gasteiger partial charge in [0, 0.05) is 5.56 Å². The molecule has 2 aromatic carbocycles. The van der Waals surface area contributed by atoms with Crippen LogP contribution in [0.25, 0.3) is 6.08 Å². The summed E-state index contributed by atoms with van der Waals surface area (Å²) in [6.45, 7) is 3.04. The van der Waals surface area contributed by atoms with Crippen LogP contribution in [-0.4, -0.2) is 16.7 Å². The molecule has 118 valence electrons. The normalized spacial score (nSPS) is 16.3. The third kappa shape index (κ3) is 3.06. The van der Waals surface area contributed by atoms with Crippen LogP contribution < -0.4 is 4.74 Å². The molecule has 1 heterocycles. The highest BCUT2D eigenvalue weighted by Gasteiger charge is 2.29. The van der Waals surface area contributed by atoms with E-state index in [4.69, 9.17) is 14.6 Å². The highest BCUT2D eigenvalue weighted by molar-refractivity contribution is 5.76. The highest BCUT2D eigenvalue weighted by atomic mass is 16.5. The van der Waals surface area contributed by atoms with E-state index < -0.39 is 11.6 Å². The fourth-order valence-corrected chi connectivity index (χ4v) is 2.47. The summed E-state index contributed by atoms with van der Waals surface area (Å²) in [6, 6.07) is 15.4. The molecule has 0 aliphatic carbocycles. The molecule has 0 fully saturated rings. The van der Waals surface area contributed by atoms with Crippen LogP contribution >= 0.6 is 0 Å². The number of rotatable bonds is 4. The van der Waals surface area contributed by atoms with Crippen LogP contribution in [-0.2, 0) is 9.53 Å². The lowest BCUT2D eigenvalue weighted by atomic mass is 9.95. The summed E-state index contributed by atoms with van der Waals surface area (Å²) in [4.78, 5) is 11.1. The molecule has 2 aromatic rings. The predicted molar refractivity (Wildman–Crippen MR) is 87.2 cm³/mol. The Kier molecular flexibility index (Phi) is 3.82. The summed E-state index contributed by atoms with van der Waals surface area (Å²) in [6.07, 6.45) is 3.47. The molecule has 1 aliphatic heterocycles. The third-order valence-electron chi connectivity index (χ3n) is 3.81. The lowest BCUT2D eigenvalue weighted by molar-refractivity contribution is -0.152. The molecule has 1 atom stereocenters. The van der Waals surface area contributed by atoms with E-state index in [-0.39, 0.29) is 6.10 Å². The molecule has 0 radical (unpaired) electrons. The maximum absolute atomic E-state index is 11.1. The molecule has 1 N–H and O–H groups in total. The predicted octanol–water partition coefficient (Wildman–Crippen LogP) is 4.02. The zero-order valence-corrected chi connectivity index (χ0v) is 13.0. The Bertz CT molecular complexity index is 744. The molecule has 1 unspecified atom stereocenters. The maximum atomic E-state index is 11.1. The van der Waals surface area contributed by atoms with Crippen molar-refractivity contribution in [1.29, 1.82) is 0 Å². The van der Waals surface area contributed by atoms with Gasteiger partial charge in [0.25, 0.3) is 0 Å². The number of ether oxygens (including phenoxy) is 2. The first-order valence-corrected chi connectivity index (χ1v) is 7.41. The fourth-order valence-electron chi connectivity index (χ4n) is 2.47. The SMILES string of the molecule is CC(C)(Oc1ccc(C2OC=Cc3ccccc32)cc1)C(=O)O. The van der Waals surface area contributed by atoms with E-state index in [1.807, 2.05) is 42.5 Å². The van der Waals surface area contributed by atoms with Crippen LogP contribution in [0, 0.1) is 0 Å². The van der Waals surface area contributed by atoms with Gasteiger partial charge in [-0.25, -0.2) is 4.79 Å². The lowest BCUT2D eigenvalue weighted by Gasteiger charge is -2.24. The molecule has 0 saturated carbocycles. The summed E-state index contributed by atoms with van der Waals surface area (Å²) >= 11 is 0. The van der Waals surface area contributed by atoms with E-state index in [9.17, 15) is 4.79 Å². The molecule has 0 bridgehead atoms. The summed E-state index contributed by atoms with van der Waals surface area (Å²) in [7, 11) is 0. The average Bonchev–Trinajstić information content (AvgIpc) is 2.55. The molecule has 4 nitrogen and oxygen atoms in total. The van der Waals surface area contributed by atoms with Gasteiger partial charge < -0.3 is 14.6 Å². The zero-order valence-electron chi connectivity index (χ0n) is 13.0. The van der Waals surface area contributed by atoms with Crippen LogP contribution in [0.1, 0.15) is 36.6 Å². The lowest BCUT2D eigenvalue weighted by Crippen LogP contribution is -2.37. The van der Waals surface area contributed by atoms with E-state index in [2.05, 4.69) is 0 Å². The second kappa shape index (κ2) is 5.80. The molecule has 0 amide bonds. The smallest absolute Gasteiger partial charge is 0.347 e. The van der Waals surface area contributed by atoms with Crippen LogP contribution in [0.4, 0.5) is 0 Å². The first-order valence-electron chi connectivity index (χ1n) is 7.41. The molecule has 0 spiro atoms. The minimum Gasteiger partial charge on any atom is -0.489 e. The first-order chi connectivity index (χ1) is 11.0. The van der Waals surface area contributed by atoms with Crippen molar-refractivity contribution < 1.29 is 19.4 Å². The Labute approximate surface area is 135 Å². The van der Waals surface area contributed by atoms with Crippen molar-refractivity contribution in [2.24, 2.45) is 0 Å². The van der Waals surface area contributed by atoms with Crippen LogP contribution in [0.2, 0.25) is 0 Å². The van der Waals surface area contributed by atoms with Crippen molar-refractivity contribution in [2.75, 3.05) is 0 Å². The molecule has 0 aromatic heterocycles. The second-order valence-electron chi connectivity index (χ2n) is 5.93. The monoisotopic (exact) mass is 310 g/mol. The van der Waals surface area contributed by atoms with Crippen molar-refractivity contribution in [3.05, 3.63) is 71.5 Å². The summed E-state index contributed by atoms with van der Waals surface area (Å²) < 4.78 is 11.3. The average molecular weight is 310 g/mol. The van der Waals surface area contributed by atoms with Gasteiger partial charge >= 0.3 is 5.97 Å². The molecule has 1 aliphatic rings. The van der Waals surface area contributed by atoms with Crippen LogP contribution in [0.5, 0.6) is 5.75 Å². The van der Waals surface area contributed by atoms with E-state index in [0.29, 0.717) is 5.75 Å². The summed E-state index contributed by atoms with van der Waals surface area (Å²) in [5.41, 5.74) is 1.96. The second-order valence-corrected chi connectivity index (χ2v) is 5.93. The van der Waals surface area contributed by atoms with E-state index in [1.54, 1.807) is 18.4 Å². The van der Waals surface area contributed by atoms with Gasteiger partial charge in [0.2, 0.25) is 0 Å². The van der Waals surface area contributed by atoms with Crippen molar-refractivity contribution in [3.8, 4) is 5.75 Å². The standard InChI is InChI=1S/C19H18O4/c1-19(2,18(20)21)23-15-9-7-14(8-10-15)17-16-6-4-3-5-13(16)11-12-22-17/h3-12,17H,1-2H3,(H,20,21). The molecular weight excluding hydrogens is 292 g/mol. The topological polar surface area (TPSA) is 55.8 Å². The minimum absolute atomic E-state index is 0.169. The Morgan fingerprint density at radius 1 is 1.13 bits per heavy atom. The third-order valence-corrected chi connectivity index (χ3v) is 3.81. The molecule has 4 heteroatoms. The van der Waals surface area contributed by atoms with Gasteiger partial charge in [-0.05, 0) is 43.2 Å². The van der Waals surface area contributed by atoms with E-state index >= 15 is 0 Å². The van der Waals surface area contributed by atoms with E-state index in [1.165, 1.54) is 13.8 Å². The number of hydrogen-bond donors (Lipinski definition) is 1. The van der Waals surface area contributed by atoms with Gasteiger partial charge in [-0.1, -0.05) is 36.4 Å². The fraction of sp³-hybridized carbons (Fsp3) is 0.211. The van der Waals surface area contributed by atoms with Crippen molar-refractivity contribution in [3.63, 3.8) is 0 Å². The number of carboxylic acids is 1. The van der Waals surface area contributed by atoms with Gasteiger partial charge in [-0.15, -0.1) is 0 Å². The summed E-state index contributed by atoms with van der Waals surface area (Å²) in [5, 5.41) is 9.12. The summed E-state index contributed by atoms with van der Waals surface area (Å²) in [5.74, 6) is -0.489. The van der Waals surface area contributed by atoms with Crippen molar-refractivity contribution >= 4 is 12.0 Å². The Hall–Kier alpha value is -2.75. The Balaban J connectivity index is 1.84. The Morgan fingerprint density at radius 2 is 1.83 bits per heavy atom. The first kappa shape index (κ1) is 15.2. The minimum atomic E-state index is -1.27. The zero-order chi connectivity index (χ0) is 16.4. The van der Waals surface area contributed by atoms with Crippen LogP contribution in [0.15, 0.2) is 54.8 Å². The van der Waals surface area contributed by atoms with Gasteiger partial charge in [-0.2, -0.15) is 0 Å². The van der Waals surface area contributed by atoms with Crippen molar-refractivity contribution in [1.82, 2.24) is 0 Å². The maximum Gasteiger partial charge on any atom is 0.347 e. The van der Waals surface area contributed by atoms with Gasteiger partial charge in [0.05, 0.1) is 6.26 Å². The van der Waals surface area contributed by atoms with Crippen molar-refractivity contribution in [2.45, 2.75) is 25.6 Å². The largest absolute Gasteiger partial charge is 0.489 e. The van der Waals surface area contributed by atoms with Gasteiger partial charge in [-0.3, -0.25) is 0 Å². The highest BCUT2D eigenvalue weighted by Crippen LogP contribution is 2.34. The number of hydrogen-bond acceptors (Lipinski definition) is 3. The van der Waals surface area contributed by atoms with Gasteiger partial charge in [0.1, 0.15) is 11.9 Å². The van der Waals surface area contributed by atoms with Crippen LogP contribution in [0.3, 0.4) is 0 Å². The number of carboxylic acid groups (broad SMARTS) is 1. The number of benzene rings is 2. The number of aliphatic carboxylic acids is 1. The molecular formula is C19H18O4. The van der Waals surface area contributed by atoms with E-state index in [0.717, 1.165) is 16.7 Å². The molecule has 23 heavy (non-hydrogen) atoms.